The van der Waals surface area contributed by atoms with Gasteiger partial charge < -0.3 is 0 Å². The van der Waals surface area contributed by atoms with Crippen LogP contribution in [0.25, 0.3) is 16.0 Å². The summed E-state index contributed by atoms with van der Waals surface area (Å²) in [6.45, 7) is 0. The van der Waals surface area contributed by atoms with E-state index in [1.807, 2.05) is 0 Å². The zero-order valence-corrected chi connectivity index (χ0v) is 12.4. The number of thiophene rings is 1. The Morgan fingerprint density at radius 3 is 3.10 bits per heavy atom. The Balaban J connectivity index is 2.05. The largest absolute Gasteiger partial charge is 0.257 e. The van der Waals surface area contributed by atoms with Gasteiger partial charge in [0, 0.05) is 11.1 Å². The van der Waals surface area contributed by atoms with Gasteiger partial charge >= 0.3 is 0 Å². The van der Waals surface area contributed by atoms with Gasteiger partial charge in [0.25, 0.3) is 0 Å². The number of aromatic nitrogens is 5. The molecular formula is C12H11N5OS2. The van der Waals surface area contributed by atoms with E-state index in [9.17, 15) is 4.21 Å². The Labute approximate surface area is 121 Å². The van der Waals surface area contributed by atoms with E-state index >= 15 is 0 Å². The van der Waals surface area contributed by atoms with Gasteiger partial charge in [0.1, 0.15) is 17.5 Å². The fourth-order valence-electron chi connectivity index (χ4n) is 2.66. The Hall–Kier alpha value is -1.67. The highest BCUT2D eigenvalue weighted by atomic mass is 32.2. The van der Waals surface area contributed by atoms with Crippen LogP contribution in [0.3, 0.4) is 0 Å². The summed E-state index contributed by atoms with van der Waals surface area (Å²) in [6.07, 6.45) is 8.06. The molecule has 0 saturated carbocycles. The fraction of sp³-hybridized carbons (Fsp3) is 0.333. The minimum atomic E-state index is -1.21. The summed E-state index contributed by atoms with van der Waals surface area (Å²) in [4.78, 5) is 11.1. The van der Waals surface area contributed by atoms with E-state index in [0.717, 1.165) is 28.9 Å². The zero-order chi connectivity index (χ0) is 13.7. The van der Waals surface area contributed by atoms with Crippen LogP contribution in [-0.2, 0) is 23.6 Å². The number of aryl methyl sites for hydroxylation is 2. The normalized spacial score (nSPS) is 15.7. The van der Waals surface area contributed by atoms with E-state index in [1.165, 1.54) is 16.9 Å². The standard InChI is InChI=1S/C12H11N5OS2/c1-20(18)12-16-15-6-17(12)10-9-7-3-2-4-8(7)19-11(9)14-5-13-10/h5-6H,2-4H2,1H3. The molecule has 0 bridgehead atoms. The van der Waals surface area contributed by atoms with Crippen LogP contribution in [0.15, 0.2) is 17.8 Å². The lowest BCUT2D eigenvalue weighted by atomic mass is 10.2. The molecule has 8 heteroatoms. The molecule has 3 aromatic rings. The Bertz CT molecular complexity index is 838. The smallest absolute Gasteiger partial charge is 0.226 e. The first kappa shape index (κ1) is 12.1. The number of fused-ring (bicyclic) bond motifs is 3. The monoisotopic (exact) mass is 305 g/mol. The summed E-state index contributed by atoms with van der Waals surface area (Å²) in [5, 5.41) is 9.29. The minimum Gasteiger partial charge on any atom is -0.257 e. The highest BCUT2D eigenvalue weighted by molar-refractivity contribution is 7.84. The first-order chi connectivity index (χ1) is 9.75. The molecule has 1 aliphatic carbocycles. The lowest BCUT2D eigenvalue weighted by molar-refractivity contribution is 0.675. The Morgan fingerprint density at radius 1 is 1.35 bits per heavy atom. The Morgan fingerprint density at radius 2 is 2.25 bits per heavy atom. The first-order valence-electron chi connectivity index (χ1n) is 6.25. The molecule has 3 heterocycles. The van der Waals surface area contributed by atoms with Gasteiger partial charge in [0.2, 0.25) is 5.16 Å². The number of hydrogen-bond acceptors (Lipinski definition) is 6. The predicted molar refractivity (Wildman–Crippen MR) is 76.7 cm³/mol. The van der Waals surface area contributed by atoms with Gasteiger partial charge in [0.05, 0.1) is 16.2 Å². The van der Waals surface area contributed by atoms with Crippen molar-refractivity contribution in [3.05, 3.63) is 23.1 Å². The highest BCUT2D eigenvalue weighted by Crippen LogP contribution is 2.38. The SMILES string of the molecule is CS(=O)c1nncn1-c1ncnc2sc3c(c12)CCC3. The minimum absolute atomic E-state index is 0.419. The Kier molecular flexibility index (Phi) is 2.67. The second-order valence-electron chi connectivity index (χ2n) is 4.67. The van der Waals surface area contributed by atoms with Crippen LogP contribution in [0.5, 0.6) is 0 Å². The zero-order valence-electron chi connectivity index (χ0n) is 10.7. The molecule has 0 N–H and O–H groups in total. The molecule has 0 aliphatic heterocycles. The maximum atomic E-state index is 11.8. The molecular weight excluding hydrogens is 294 g/mol. The lowest BCUT2D eigenvalue weighted by Crippen LogP contribution is -2.05. The summed E-state index contributed by atoms with van der Waals surface area (Å²) >= 11 is 1.73. The molecule has 4 rings (SSSR count). The van der Waals surface area contributed by atoms with Gasteiger partial charge in [-0.3, -0.25) is 8.78 Å². The molecule has 1 unspecified atom stereocenters. The van der Waals surface area contributed by atoms with Gasteiger partial charge in [0.15, 0.2) is 5.82 Å². The molecule has 1 aliphatic rings. The first-order valence-corrected chi connectivity index (χ1v) is 8.62. The van der Waals surface area contributed by atoms with Crippen molar-refractivity contribution in [1.29, 1.82) is 0 Å². The molecule has 0 radical (unpaired) electrons. The third-order valence-corrected chi connectivity index (χ3v) is 5.48. The van der Waals surface area contributed by atoms with Gasteiger partial charge in [-0.2, -0.15) is 0 Å². The van der Waals surface area contributed by atoms with Gasteiger partial charge in [-0.05, 0) is 24.8 Å². The molecule has 0 fully saturated rings. The summed E-state index contributed by atoms with van der Waals surface area (Å²) in [5.41, 5.74) is 1.34. The van der Waals surface area contributed by atoms with Crippen molar-refractivity contribution in [3.63, 3.8) is 0 Å². The summed E-state index contributed by atoms with van der Waals surface area (Å²) in [6, 6.07) is 0. The molecule has 0 amide bonds. The number of hydrogen-bond donors (Lipinski definition) is 0. The van der Waals surface area contributed by atoms with Gasteiger partial charge in [-0.15, -0.1) is 21.5 Å². The molecule has 20 heavy (non-hydrogen) atoms. The van der Waals surface area contributed by atoms with Crippen molar-refractivity contribution in [2.45, 2.75) is 24.4 Å². The van der Waals surface area contributed by atoms with E-state index < -0.39 is 10.8 Å². The van der Waals surface area contributed by atoms with Crippen LogP contribution in [0.1, 0.15) is 16.9 Å². The van der Waals surface area contributed by atoms with Crippen LogP contribution >= 0.6 is 11.3 Å². The number of rotatable bonds is 2. The quantitative estimate of drug-likeness (QED) is 0.717. The summed E-state index contributed by atoms with van der Waals surface area (Å²) in [7, 11) is -1.21. The van der Waals surface area contributed by atoms with Crippen molar-refractivity contribution in [2.75, 3.05) is 6.26 Å². The maximum absolute atomic E-state index is 11.8. The molecule has 6 nitrogen and oxygen atoms in total. The third-order valence-electron chi connectivity index (χ3n) is 3.48. The van der Waals surface area contributed by atoms with Crippen molar-refractivity contribution in [2.24, 2.45) is 0 Å². The highest BCUT2D eigenvalue weighted by Gasteiger charge is 2.23. The molecule has 102 valence electrons. The topological polar surface area (TPSA) is 73.6 Å². The van der Waals surface area contributed by atoms with E-state index in [-0.39, 0.29) is 0 Å². The van der Waals surface area contributed by atoms with E-state index in [1.54, 1.807) is 34.8 Å². The molecule has 3 aromatic heterocycles. The second-order valence-corrected chi connectivity index (χ2v) is 7.03. The molecule has 0 spiro atoms. The van der Waals surface area contributed by atoms with Crippen LogP contribution in [0, 0.1) is 0 Å². The second kappa shape index (κ2) is 4.42. The van der Waals surface area contributed by atoms with Crippen molar-refractivity contribution in [1.82, 2.24) is 24.7 Å². The van der Waals surface area contributed by atoms with Crippen molar-refractivity contribution < 1.29 is 4.21 Å². The predicted octanol–water partition coefficient (Wildman–Crippen LogP) is 1.50. The summed E-state index contributed by atoms with van der Waals surface area (Å²) in [5.74, 6) is 0.740. The van der Waals surface area contributed by atoms with Crippen LogP contribution in [-0.4, -0.2) is 35.2 Å². The molecule has 1 atom stereocenters. The van der Waals surface area contributed by atoms with E-state index in [0.29, 0.717) is 5.16 Å². The summed E-state index contributed by atoms with van der Waals surface area (Å²) < 4.78 is 13.5. The number of nitrogens with zero attached hydrogens (tertiary/aromatic N) is 5. The van der Waals surface area contributed by atoms with Gasteiger partial charge in [-0.1, -0.05) is 0 Å². The third kappa shape index (κ3) is 1.64. The lowest BCUT2D eigenvalue weighted by Gasteiger charge is -2.06. The van der Waals surface area contributed by atoms with Crippen LogP contribution < -0.4 is 0 Å². The average molecular weight is 305 g/mol. The fourth-order valence-corrected chi connectivity index (χ4v) is 4.46. The van der Waals surface area contributed by atoms with Crippen LogP contribution in [0.4, 0.5) is 0 Å². The molecule has 0 aromatic carbocycles. The van der Waals surface area contributed by atoms with Gasteiger partial charge in [-0.25, -0.2) is 9.97 Å². The maximum Gasteiger partial charge on any atom is 0.226 e. The molecule has 0 saturated heterocycles. The van der Waals surface area contributed by atoms with Crippen molar-refractivity contribution >= 4 is 32.4 Å². The average Bonchev–Trinajstić information content (AvgIpc) is 3.12. The van der Waals surface area contributed by atoms with Crippen molar-refractivity contribution in [3.8, 4) is 5.82 Å². The van der Waals surface area contributed by atoms with E-state index in [2.05, 4.69) is 20.2 Å². The van der Waals surface area contributed by atoms with Crippen LogP contribution in [0.2, 0.25) is 0 Å². The van der Waals surface area contributed by atoms with E-state index in [4.69, 9.17) is 0 Å².